The number of pyridine rings is 1. The molecule has 1 amide bonds. The van der Waals surface area contributed by atoms with E-state index in [4.69, 9.17) is 11.6 Å². The van der Waals surface area contributed by atoms with Crippen molar-refractivity contribution < 1.29 is 13.2 Å². The van der Waals surface area contributed by atoms with Gasteiger partial charge >= 0.3 is 0 Å². The summed E-state index contributed by atoms with van der Waals surface area (Å²) in [5.41, 5.74) is 1.53. The first-order valence-electron chi connectivity index (χ1n) is 7.20. The highest BCUT2D eigenvalue weighted by molar-refractivity contribution is 7.92. The third kappa shape index (κ3) is 3.38. The van der Waals surface area contributed by atoms with E-state index in [0.717, 1.165) is 18.5 Å². The van der Waals surface area contributed by atoms with Gasteiger partial charge in [0.2, 0.25) is 5.91 Å². The number of carbonyl (C=O) groups is 1. The molecule has 0 bridgehead atoms. The zero-order valence-corrected chi connectivity index (χ0v) is 13.8. The number of rotatable bonds is 3. The van der Waals surface area contributed by atoms with Gasteiger partial charge in [-0.2, -0.15) is 0 Å². The smallest absolute Gasteiger partial charge is 0.242 e. The number of sulfone groups is 1. The molecule has 3 rings (SSSR count). The number of fused-ring (bicyclic) bond motifs is 1. The van der Waals surface area contributed by atoms with Gasteiger partial charge in [0.15, 0.2) is 9.84 Å². The van der Waals surface area contributed by atoms with E-state index in [1.165, 1.54) is 29.2 Å². The number of carbonyl (C=O) groups excluding carboxylic acids is 1. The van der Waals surface area contributed by atoms with Gasteiger partial charge in [0.25, 0.3) is 0 Å². The first kappa shape index (κ1) is 16.0. The minimum atomic E-state index is -3.70. The van der Waals surface area contributed by atoms with Gasteiger partial charge < -0.3 is 4.90 Å². The van der Waals surface area contributed by atoms with Crippen LogP contribution in [0.25, 0.3) is 0 Å². The zero-order chi connectivity index (χ0) is 16.4. The zero-order valence-electron chi connectivity index (χ0n) is 12.3. The second-order valence-electron chi connectivity index (χ2n) is 5.33. The van der Waals surface area contributed by atoms with E-state index in [1.54, 1.807) is 18.3 Å². The molecule has 0 unspecified atom stereocenters. The third-order valence-electron chi connectivity index (χ3n) is 3.74. The second-order valence-corrected chi connectivity index (χ2v) is 7.76. The van der Waals surface area contributed by atoms with Crippen molar-refractivity contribution in [2.75, 3.05) is 17.2 Å². The highest BCUT2D eigenvalue weighted by Crippen LogP contribution is 2.25. The summed E-state index contributed by atoms with van der Waals surface area (Å²) in [5, 5.41) is 0.450. The molecule has 1 aliphatic heterocycles. The minimum Gasteiger partial charge on any atom is -0.310 e. The number of amides is 1. The number of aromatic nitrogens is 1. The van der Waals surface area contributed by atoms with Gasteiger partial charge in [-0.3, -0.25) is 9.78 Å². The number of anilines is 1. The van der Waals surface area contributed by atoms with Crippen molar-refractivity contribution in [1.29, 1.82) is 0 Å². The van der Waals surface area contributed by atoms with E-state index < -0.39 is 21.5 Å². The molecule has 0 spiro atoms. The predicted molar refractivity (Wildman–Crippen MR) is 88.4 cm³/mol. The lowest BCUT2D eigenvalue weighted by Crippen LogP contribution is -2.39. The number of benzene rings is 1. The summed E-state index contributed by atoms with van der Waals surface area (Å²) >= 11 is 5.77. The monoisotopic (exact) mass is 350 g/mol. The highest BCUT2D eigenvalue weighted by atomic mass is 35.5. The number of aryl methyl sites for hydroxylation is 1. The van der Waals surface area contributed by atoms with Crippen LogP contribution in [-0.2, 0) is 21.1 Å². The van der Waals surface area contributed by atoms with Crippen LogP contribution in [0.4, 0.5) is 5.69 Å². The van der Waals surface area contributed by atoms with Crippen LogP contribution in [0.5, 0.6) is 0 Å². The van der Waals surface area contributed by atoms with Crippen LogP contribution in [0.1, 0.15) is 12.1 Å². The minimum absolute atomic E-state index is 0.0960. The quantitative estimate of drug-likeness (QED) is 0.853. The maximum absolute atomic E-state index is 12.5. The van der Waals surface area contributed by atoms with Crippen molar-refractivity contribution >= 4 is 33.0 Å². The number of halogens is 1. The molecule has 1 aromatic carbocycles. The second kappa shape index (κ2) is 6.29. The lowest BCUT2D eigenvalue weighted by Gasteiger charge is -2.28. The number of nitrogens with zero attached hydrogens (tertiary/aromatic N) is 2. The summed E-state index contributed by atoms with van der Waals surface area (Å²) in [6.45, 7) is 0.508. The average Bonchev–Trinajstić information content (AvgIpc) is 2.54. The molecule has 23 heavy (non-hydrogen) atoms. The lowest BCUT2D eigenvalue weighted by molar-refractivity contribution is -0.116. The fraction of sp³-hybridized carbons (Fsp3) is 0.250. The molecule has 7 heteroatoms. The molecular formula is C16H15ClN2O3S. The molecule has 1 aliphatic rings. The first-order valence-corrected chi connectivity index (χ1v) is 9.23. The summed E-state index contributed by atoms with van der Waals surface area (Å²) in [7, 11) is -3.70. The standard InChI is InChI=1S/C16H15ClN2O3S/c17-12-5-7-13(8-6-12)23(21,22)11-16(20)19-10-2-3-14-15(19)4-1-9-18-14/h1,4-9H,2-3,10-11H2. The van der Waals surface area contributed by atoms with Crippen molar-refractivity contribution in [3.8, 4) is 0 Å². The molecule has 0 N–H and O–H groups in total. The van der Waals surface area contributed by atoms with Crippen molar-refractivity contribution in [2.45, 2.75) is 17.7 Å². The maximum atomic E-state index is 12.5. The van der Waals surface area contributed by atoms with Crippen LogP contribution < -0.4 is 4.90 Å². The van der Waals surface area contributed by atoms with Crippen LogP contribution in [0.3, 0.4) is 0 Å². The summed E-state index contributed by atoms with van der Waals surface area (Å²) in [5.74, 6) is -1.00. The summed E-state index contributed by atoms with van der Waals surface area (Å²) in [6.07, 6.45) is 3.25. The van der Waals surface area contributed by atoms with Gasteiger partial charge in [-0.1, -0.05) is 11.6 Å². The molecule has 2 heterocycles. The third-order valence-corrected chi connectivity index (χ3v) is 5.61. The van der Waals surface area contributed by atoms with Gasteiger partial charge in [0.05, 0.1) is 16.3 Å². The van der Waals surface area contributed by atoms with E-state index in [0.29, 0.717) is 17.3 Å². The van der Waals surface area contributed by atoms with E-state index >= 15 is 0 Å². The number of hydrogen-bond acceptors (Lipinski definition) is 4. The Morgan fingerprint density at radius 2 is 1.96 bits per heavy atom. The lowest BCUT2D eigenvalue weighted by atomic mass is 10.1. The van der Waals surface area contributed by atoms with Gasteiger partial charge in [0, 0.05) is 17.8 Å². The summed E-state index contributed by atoms with van der Waals surface area (Å²) in [6, 6.07) is 9.37. The van der Waals surface area contributed by atoms with Crippen molar-refractivity contribution in [1.82, 2.24) is 4.98 Å². The Labute approximate surface area is 139 Å². The van der Waals surface area contributed by atoms with Crippen molar-refractivity contribution in [3.05, 3.63) is 53.3 Å². The topological polar surface area (TPSA) is 67.3 Å². The van der Waals surface area contributed by atoms with E-state index in [1.807, 2.05) is 0 Å². The summed E-state index contributed by atoms with van der Waals surface area (Å²) in [4.78, 5) is 18.4. The average molecular weight is 351 g/mol. The Morgan fingerprint density at radius 1 is 1.22 bits per heavy atom. The molecule has 0 atom stereocenters. The fourth-order valence-electron chi connectivity index (χ4n) is 2.62. The largest absolute Gasteiger partial charge is 0.310 e. The number of hydrogen-bond donors (Lipinski definition) is 0. The van der Waals surface area contributed by atoms with Crippen LogP contribution in [0.2, 0.25) is 5.02 Å². The van der Waals surface area contributed by atoms with Gasteiger partial charge in [-0.15, -0.1) is 0 Å². The Bertz CT molecular complexity index is 835. The Kier molecular flexibility index (Phi) is 4.37. The fourth-order valence-corrected chi connectivity index (χ4v) is 3.94. The maximum Gasteiger partial charge on any atom is 0.242 e. The first-order chi connectivity index (χ1) is 11.0. The van der Waals surface area contributed by atoms with Crippen LogP contribution in [0, 0.1) is 0 Å². The Balaban J connectivity index is 1.84. The van der Waals surface area contributed by atoms with Crippen LogP contribution in [-0.4, -0.2) is 31.6 Å². The molecular weight excluding hydrogens is 336 g/mol. The van der Waals surface area contributed by atoms with Gasteiger partial charge in [-0.05, 0) is 49.2 Å². The Hall–Kier alpha value is -1.92. The molecule has 2 aromatic rings. The molecule has 5 nitrogen and oxygen atoms in total. The van der Waals surface area contributed by atoms with Crippen molar-refractivity contribution in [3.63, 3.8) is 0 Å². The molecule has 0 radical (unpaired) electrons. The van der Waals surface area contributed by atoms with Crippen LogP contribution in [0.15, 0.2) is 47.5 Å². The highest BCUT2D eigenvalue weighted by Gasteiger charge is 2.27. The normalized spacial score (nSPS) is 14.4. The molecule has 0 saturated heterocycles. The SMILES string of the molecule is O=C(CS(=O)(=O)c1ccc(Cl)cc1)N1CCCc2ncccc21. The summed E-state index contributed by atoms with van der Waals surface area (Å²) < 4.78 is 24.8. The van der Waals surface area contributed by atoms with Gasteiger partial charge in [0.1, 0.15) is 5.75 Å². The van der Waals surface area contributed by atoms with E-state index in [-0.39, 0.29) is 4.90 Å². The Morgan fingerprint density at radius 3 is 2.70 bits per heavy atom. The van der Waals surface area contributed by atoms with E-state index in [9.17, 15) is 13.2 Å². The molecule has 120 valence electrons. The predicted octanol–water partition coefficient (Wildman–Crippen LogP) is 2.49. The molecule has 0 saturated carbocycles. The van der Waals surface area contributed by atoms with Crippen molar-refractivity contribution in [2.24, 2.45) is 0 Å². The molecule has 1 aromatic heterocycles. The van der Waals surface area contributed by atoms with E-state index in [2.05, 4.69) is 4.98 Å². The van der Waals surface area contributed by atoms with Gasteiger partial charge in [-0.25, -0.2) is 8.42 Å². The molecule has 0 aliphatic carbocycles. The molecule has 0 fully saturated rings. The van der Waals surface area contributed by atoms with Crippen LogP contribution >= 0.6 is 11.6 Å².